The van der Waals surface area contributed by atoms with E-state index >= 15 is 0 Å². The fourth-order valence-electron chi connectivity index (χ4n) is 3.07. The summed E-state index contributed by atoms with van der Waals surface area (Å²) < 4.78 is 12.2. The average Bonchev–Trinajstić information content (AvgIpc) is 2.69. The molecule has 1 aromatic carbocycles. The molecule has 0 unspecified atom stereocenters. The number of nitrogens with zero attached hydrogens (tertiary/aromatic N) is 2. The molecule has 5 heteroatoms. The van der Waals surface area contributed by atoms with E-state index in [1.165, 1.54) is 0 Å². The van der Waals surface area contributed by atoms with Crippen LogP contribution in [0.4, 0.5) is 0 Å². The molecule has 0 radical (unpaired) electrons. The highest BCUT2D eigenvalue weighted by Gasteiger charge is 2.15. The second-order valence-electron chi connectivity index (χ2n) is 7.51. The van der Waals surface area contributed by atoms with Crippen LogP contribution in [0.1, 0.15) is 51.5 Å². The van der Waals surface area contributed by atoms with E-state index in [1.807, 2.05) is 36.4 Å². The lowest BCUT2D eigenvalue weighted by Crippen LogP contribution is -2.27. The minimum absolute atomic E-state index is 0.548. The molecule has 3 rings (SSSR count). The van der Waals surface area contributed by atoms with Gasteiger partial charge in [-0.2, -0.15) is 0 Å². The summed E-state index contributed by atoms with van der Waals surface area (Å²) >= 11 is 0. The average molecular weight is 382 g/mol. The van der Waals surface area contributed by atoms with E-state index in [4.69, 9.17) is 14.5 Å². The summed E-state index contributed by atoms with van der Waals surface area (Å²) in [5.74, 6) is 3.48. The highest BCUT2D eigenvalue weighted by molar-refractivity contribution is 6.00. The van der Waals surface area contributed by atoms with E-state index in [2.05, 4.69) is 24.1 Å². The SMILES string of the molecule is CC(C)CCNC1=NCCCCCCOc2ccccc2Oc2ncccc21. The Kier molecular flexibility index (Phi) is 7.71. The molecule has 0 saturated carbocycles. The molecule has 2 heterocycles. The van der Waals surface area contributed by atoms with E-state index in [0.29, 0.717) is 24.2 Å². The first-order chi connectivity index (χ1) is 13.7. The van der Waals surface area contributed by atoms with Gasteiger partial charge in [0.2, 0.25) is 5.88 Å². The van der Waals surface area contributed by atoms with Crippen molar-refractivity contribution < 1.29 is 9.47 Å². The third-order valence-corrected chi connectivity index (χ3v) is 4.68. The van der Waals surface area contributed by atoms with Crippen LogP contribution >= 0.6 is 0 Å². The molecule has 0 atom stereocenters. The Morgan fingerprint density at radius 1 is 1.00 bits per heavy atom. The smallest absolute Gasteiger partial charge is 0.230 e. The first-order valence-electron chi connectivity index (χ1n) is 10.4. The summed E-state index contributed by atoms with van der Waals surface area (Å²) in [5.41, 5.74) is 0.887. The number of aromatic nitrogens is 1. The number of rotatable bonds is 3. The van der Waals surface area contributed by atoms with Gasteiger partial charge in [-0.1, -0.05) is 32.4 Å². The van der Waals surface area contributed by atoms with Crippen molar-refractivity contribution in [1.82, 2.24) is 10.3 Å². The normalized spacial score (nSPS) is 15.3. The zero-order valence-corrected chi connectivity index (χ0v) is 17.0. The number of hydrogen-bond donors (Lipinski definition) is 1. The predicted octanol–water partition coefficient (Wildman–Crippen LogP) is 5.21. The van der Waals surface area contributed by atoms with Gasteiger partial charge in [-0.25, -0.2) is 4.98 Å². The van der Waals surface area contributed by atoms with Crippen LogP contribution in [0.5, 0.6) is 17.4 Å². The topological polar surface area (TPSA) is 55.7 Å². The highest BCUT2D eigenvalue weighted by atomic mass is 16.5. The second-order valence-corrected chi connectivity index (χ2v) is 7.51. The van der Waals surface area contributed by atoms with Crippen molar-refractivity contribution in [2.45, 2.75) is 46.0 Å². The monoisotopic (exact) mass is 381 g/mol. The molecule has 1 aliphatic rings. The van der Waals surface area contributed by atoms with Crippen LogP contribution in [0, 0.1) is 5.92 Å². The zero-order chi connectivity index (χ0) is 19.6. The number of hydrogen-bond acceptors (Lipinski definition) is 5. The molecule has 150 valence electrons. The van der Waals surface area contributed by atoms with Crippen molar-refractivity contribution in [1.29, 1.82) is 0 Å². The molecule has 1 N–H and O–H groups in total. The summed E-state index contributed by atoms with van der Waals surface area (Å²) in [7, 11) is 0. The first kappa shape index (κ1) is 20.2. The van der Waals surface area contributed by atoms with Gasteiger partial charge < -0.3 is 14.8 Å². The molecule has 2 aromatic rings. The third kappa shape index (κ3) is 5.98. The van der Waals surface area contributed by atoms with Crippen molar-refractivity contribution >= 4 is 5.84 Å². The summed E-state index contributed by atoms with van der Waals surface area (Å²) in [6, 6.07) is 11.7. The van der Waals surface area contributed by atoms with Crippen LogP contribution in [0.25, 0.3) is 0 Å². The van der Waals surface area contributed by atoms with Crippen molar-refractivity contribution in [3.63, 3.8) is 0 Å². The van der Waals surface area contributed by atoms with E-state index in [1.54, 1.807) is 6.20 Å². The Hall–Kier alpha value is -2.56. The molecule has 5 nitrogen and oxygen atoms in total. The maximum atomic E-state index is 6.19. The lowest BCUT2D eigenvalue weighted by atomic mass is 10.1. The zero-order valence-electron chi connectivity index (χ0n) is 17.0. The minimum atomic E-state index is 0.548. The fraction of sp³-hybridized carbons (Fsp3) is 0.478. The largest absolute Gasteiger partial charge is 0.490 e. The van der Waals surface area contributed by atoms with Crippen molar-refractivity contribution in [2.24, 2.45) is 10.9 Å². The van der Waals surface area contributed by atoms with Gasteiger partial charge >= 0.3 is 0 Å². The standard InChI is InChI=1S/C23H31N3O2/c1-18(2)13-16-25-22-19-10-9-15-26-23(19)28-21-12-6-5-11-20(21)27-17-8-4-3-7-14-24-22/h5-6,9-12,15,18H,3-4,7-8,13-14,16-17H2,1-2H3,(H,24,25). The molecule has 0 spiro atoms. The first-order valence-corrected chi connectivity index (χ1v) is 10.4. The van der Waals surface area contributed by atoms with E-state index < -0.39 is 0 Å². The number of para-hydroxylation sites is 2. The van der Waals surface area contributed by atoms with Crippen LogP contribution in [0.15, 0.2) is 47.6 Å². The quantitative estimate of drug-likeness (QED) is 0.793. The van der Waals surface area contributed by atoms with Crippen LogP contribution in [0.3, 0.4) is 0 Å². The molecule has 0 fully saturated rings. The third-order valence-electron chi connectivity index (χ3n) is 4.68. The Bertz CT molecular complexity index is 774. The lowest BCUT2D eigenvalue weighted by molar-refractivity contribution is 0.290. The van der Waals surface area contributed by atoms with Gasteiger partial charge in [0, 0.05) is 19.3 Å². The molecule has 1 aromatic heterocycles. The Labute approximate surface area is 168 Å². The summed E-state index contributed by atoms with van der Waals surface area (Å²) in [4.78, 5) is 9.34. The second kappa shape index (κ2) is 10.7. The molecule has 0 aliphatic carbocycles. The molecular formula is C23H31N3O2. The number of amidine groups is 1. The predicted molar refractivity (Wildman–Crippen MR) is 114 cm³/mol. The highest BCUT2D eigenvalue weighted by Crippen LogP contribution is 2.32. The molecule has 1 aliphatic heterocycles. The molecular weight excluding hydrogens is 350 g/mol. The van der Waals surface area contributed by atoms with Gasteiger partial charge in [0.1, 0.15) is 5.84 Å². The van der Waals surface area contributed by atoms with Gasteiger partial charge in [0.25, 0.3) is 0 Å². The molecule has 0 saturated heterocycles. The minimum Gasteiger partial charge on any atom is -0.490 e. The number of nitrogens with one attached hydrogen (secondary N) is 1. The molecule has 28 heavy (non-hydrogen) atoms. The van der Waals surface area contributed by atoms with Crippen molar-refractivity contribution in [2.75, 3.05) is 19.7 Å². The van der Waals surface area contributed by atoms with Crippen molar-refractivity contribution in [3.05, 3.63) is 48.2 Å². The van der Waals surface area contributed by atoms with Crippen LogP contribution in [0.2, 0.25) is 0 Å². The number of pyridine rings is 1. The summed E-state index contributed by atoms with van der Waals surface area (Å²) in [6.07, 6.45) is 7.25. The molecule has 0 amide bonds. The number of ether oxygens (including phenoxy) is 2. The molecule has 0 bridgehead atoms. The van der Waals surface area contributed by atoms with Gasteiger partial charge in [-0.3, -0.25) is 4.99 Å². The number of benzene rings is 1. The van der Waals surface area contributed by atoms with E-state index in [9.17, 15) is 0 Å². The van der Waals surface area contributed by atoms with Crippen molar-refractivity contribution in [3.8, 4) is 17.4 Å². The summed E-state index contributed by atoms with van der Waals surface area (Å²) in [5, 5.41) is 3.51. The van der Waals surface area contributed by atoms with E-state index in [0.717, 1.165) is 62.3 Å². The Balaban J connectivity index is 1.91. The lowest BCUT2D eigenvalue weighted by Gasteiger charge is -2.17. The van der Waals surface area contributed by atoms with Gasteiger partial charge in [0.15, 0.2) is 11.5 Å². The van der Waals surface area contributed by atoms with Crippen LogP contribution < -0.4 is 14.8 Å². The van der Waals surface area contributed by atoms with Gasteiger partial charge in [-0.15, -0.1) is 0 Å². The van der Waals surface area contributed by atoms with Crippen LogP contribution in [-0.2, 0) is 0 Å². The Morgan fingerprint density at radius 3 is 2.68 bits per heavy atom. The number of fused-ring (bicyclic) bond motifs is 2. The maximum absolute atomic E-state index is 6.19. The van der Waals surface area contributed by atoms with Gasteiger partial charge in [-0.05, 0) is 55.9 Å². The van der Waals surface area contributed by atoms with E-state index in [-0.39, 0.29) is 0 Å². The Morgan fingerprint density at radius 2 is 1.82 bits per heavy atom. The number of aliphatic imine (C=N–C) groups is 1. The maximum Gasteiger partial charge on any atom is 0.230 e. The summed E-state index contributed by atoms with van der Waals surface area (Å²) in [6.45, 7) is 6.83. The fourth-order valence-corrected chi connectivity index (χ4v) is 3.07. The van der Waals surface area contributed by atoms with Gasteiger partial charge in [0.05, 0.1) is 12.2 Å². The van der Waals surface area contributed by atoms with Crippen LogP contribution in [-0.4, -0.2) is 30.5 Å².